The van der Waals surface area contributed by atoms with E-state index in [1.165, 1.54) is 18.5 Å². The fraction of sp³-hybridized carbons (Fsp3) is 0.571. The minimum atomic E-state index is 0.643. The molecule has 1 aromatic rings. The van der Waals surface area contributed by atoms with E-state index >= 15 is 0 Å². The summed E-state index contributed by atoms with van der Waals surface area (Å²) in [6.45, 7) is 2.04. The van der Waals surface area contributed by atoms with Crippen molar-refractivity contribution in [2.75, 3.05) is 5.73 Å². The van der Waals surface area contributed by atoms with Crippen molar-refractivity contribution >= 4 is 5.82 Å². The van der Waals surface area contributed by atoms with E-state index in [-0.39, 0.29) is 0 Å². The Balaban J connectivity index is 2.38. The summed E-state index contributed by atoms with van der Waals surface area (Å²) in [5, 5.41) is 4.17. The summed E-state index contributed by atoms with van der Waals surface area (Å²) in [6.07, 6.45) is 2.53. The molecule has 0 saturated heterocycles. The van der Waals surface area contributed by atoms with Crippen molar-refractivity contribution in [1.29, 1.82) is 0 Å². The molecule has 0 spiro atoms. The molecule has 2 rings (SSSR count). The van der Waals surface area contributed by atoms with Gasteiger partial charge in [-0.1, -0.05) is 0 Å². The number of nitrogens with two attached hydrogens (primary N) is 1. The monoisotopic (exact) mass is 137 g/mol. The first-order valence-corrected chi connectivity index (χ1v) is 3.59. The van der Waals surface area contributed by atoms with Crippen LogP contribution in [0.2, 0.25) is 0 Å². The van der Waals surface area contributed by atoms with Gasteiger partial charge in [-0.2, -0.15) is 5.10 Å². The maximum Gasteiger partial charge on any atom is 0.145 e. The molecule has 0 aromatic carbocycles. The van der Waals surface area contributed by atoms with E-state index in [0.29, 0.717) is 11.9 Å². The summed E-state index contributed by atoms with van der Waals surface area (Å²) in [5.74, 6) is 0.643. The maximum atomic E-state index is 5.51. The van der Waals surface area contributed by atoms with E-state index in [9.17, 15) is 0 Å². The first-order chi connectivity index (χ1) is 4.77. The molecule has 3 nitrogen and oxygen atoms in total. The molecule has 1 aromatic heterocycles. The van der Waals surface area contributed by atoms with Crippen LogP contribution in [0.15, 0.2) is 6.07 Å². The minimum absolute atomic E-state index is 0.643. The maximum absolute atomic E-state index is 5.51. The zero-order chi connectivity index (χ0) is 7.14. The molecule has 0 radical (unpaired) electrons. The Morgan fingerprint density at radius 1 is 1.70 bits per heavy atom. The minimum Gasteiger partial charge on any atom is -0.382 e. The van der Waals surface area contributed by atoms with Gasteiger partial charge in [-0.3, -0.25) is 4.68 Å². The second-order valence-electron chi connectivity index (χ2n) is 2.89. The molecule has 2 N–H and O–H groups in total. The average Bonchev–Trinajstić information content (AvgIpc) is 2.61. The molecular formula is C7H11N3. The second kappa shape index (κ2) is 1.75. The number of hydrogen-bond acceptors (Lipinski definition) is 2. The largest absolute Gasteiger partial charge is 0.382 e. The lowest BCUT2D eigenvalue weighted by Gasteiger charge is -1.97. The molecule has 1 fully saturated rings. The number of anilines is 1. The summed E-state index contributed by atoms with van der Waals surface area (Å²) in [6, 6.07) is 2.57. The predicted octanol–water partition coefficient (Wildman–Crippen LogP) is 1.11. The highest BCUT2D eigenvalue weighted by atomic mass is 15.3. The summed E-state index contributed by atoms with van der Waals surface area (Å²) >= 11 is 0. The first kappa shape index (κ1) is 5.77. The third-order valence-corrected chi connectivity index (χ3v) is 1.83. The lowest BCUT2D eigenvalue weighted by molar-refractivity contribution is 0.625. The third kappa shape index (κ3) is 0.781. The first-order valence-electron chi connectivity index (χ1n) is 3.59. The van der Waals surface area contributed by atoms with Crippen molar-refractivity contribution in [3.63, 3.8) is 0 Å². The lowest BCUT2D eigenvalue weighted by atomic mass is 10.4. The normalized spacial score (nSPS) is 17.7. The van der Waals surface area contributed by atoms with Crippen LogP contribution in [0.25, 0.3) is 0 Å². The number of aromatic nitrogens is 2. The molecule has 0 aliphatic heterocycles. The molecule has 1 saturated carbocycles. The predicted molar refractivity (Wildman–Crippen MR) is 39.6 cm³/mol. The van der Waals surface area contributed by atoms with E-state index in [2.05, 4.69) is 5.10 Å². The zero-order valence-corrected chi connectivity index (χ0v) is 6.04. The van der Waals surface area contributed by atoms with Gasteiger partial charge in [0.2, 0.25) is 0 Å². The third-order valence-electron chi connectivity index (χ3n) is 1.83. The van der Waals surface area contributed by atoms with Crippen LogP contribution in [-0.2, 0) is 0 Å². The Labute approximate surface area is 59.8 Å². The van der Waals surface area contributed by atoms with Gasteiger partial charge in [0.15, 0.2) is 0 Å². The van der Waals surface area contributed by atoms with E-state index in [0.717, 1.165) is 0 Å². The van der Waals surface area contributed by atoms with E-state index in [1.54, 1.807) is 0 Å². The number of aryl methyl sites for hydroxylation is 1. The highest BCUT2D eigenvalue weighted by Gasteiger charge is 2.25. The van der Waals surface area contributed by atoms with Crippen LogP contribution in [0.3, 0.4) is 0 Å². The van der Waals surface area contributed by atoms with Crippen molar-refractivity contribution in [2.24, 2.45) is 0 Å². The van der Waals surface area contributed by atoms with Crippen molar-refractivity contribution in [3.8, 4) is 0 Å². The van der Waals surface area contributed by atoms with Crippen LogP contribution in [0.4, 0.5) is 5.82 Å². The van der Waals surface area contributed by atoms with Gasteiger partial charge in [0.1, 0.15) is 5.82 Å². The molecule has 54 valence electrons. The van der Waals surface area contributed by atoms with E-state index in [1.807, 2.05) is 17.7 Å². The molecule has 3 heteroatoms. The van der Waals surface area contributed by atoms with Crippen LogP contribution < -0.4 is 5.73 Å². The van der Waals surface area contributed by atoms with Crippen LogP contribution in [0.1, 0.15) is 24.6 Å². The fourth-order valence-corrected chi connectivity index (χ4v) is 1.20. The van der Waals surface area contributed by atoms with E-state index < -0.39 is 0 Å². The summed E-state index contributed by atoms with van der Waals surface area (Å²) in [5.41, 5.74) is 6.69. The molecule has 1 heterocycles. The van der Waals surface area contributed by atoms with Crippen LogP contribution in [-0.4, -0.2) is 9.78 Å². The standard InChI is InChI=1S/C7H11N3/c1-5-4-7(8)9-10(5)6-2-3-6/h4,6H,2-3H2,1H3,(H2,8,9). The van der Waals surface area contributed by atoms with Crippen molar-refractivity contribution in [1.82, 2.24) is 9.78 Å². The SMILES string of the molecule is Cc1cc(N)nn1C1CC1. The number of hydrogen-bond donors (Lipinski definition) is 1. The Kier molecular flexibility index (Phi) is 1.01. The van der Waals surface area contributed by atoms with Gasteiger partial charge in [-0.05, 0) is 19.8 Å². The topological polar surface area (TPSA) is 43.8 Å². The van der Waals surface area contributed by atoms with Gasteiger partial charge in [-0.15, -0.1) is 0 Å². The number of rotatable bonds is 1. The molecule has 0 unspecified atom stereocenters. The summed E-state index contributed by atoms with van der Waals surface area (Å²) in [4.78, 5) is 0. The smallest absolute Gasteiger partial charge is 0.145 e. The molecule has 0 amide bonds. The molecule has 10 heavy (non-hydrogen) atoms. The van der Waals surface area contributed by atoms with Crippen LogP contribution in [0, 0.1) is 6.92 Å². The molecule has 1 aliphatic rings. The van der Waals surface area contributed by atoms with Gasteiger partial charge >= 0.3 is 0 Å². The highest BCUT2D eigenvalue weighted by molar-refractivity contribution is 5.29. The van der Waals surface area contributed by atoms with Crippen LogP contribution >= 0.6 is 0 Å². The summed E-state index contributed by atoms with van der Waals surface area (Å²) < 4.78 is 2.02. The Bertz CT molecular complexity index is 247. The van der Waals surface area contributed by atoms with Crippen LogP contribution in [0.5, 0.6) is 0 Å². The molecule has 0 atom stereocenters. The molecular weight excluding hydrogens is 126 g/mol. The van der Waals surface area contributed by atoms with Crippen molar-refractivity contribution < 1.29 is 0 Å². The fourth-order valence-electron chi connectivity index (χ4n) is 1.20. The van der Waals surface area contributed by atoms with Gasteiger partial charge in [0.05, 0.1) is 6.04 Å². The van der Waals surface area contributed by atoms with Gasteiger partial charge in [0, 0.05) is 11.8 Å². The van der Waals surface area contributed by atoms with Gasteiger partial charge in [-0.25, -0.2) is 0 Å². The quantitative estimate of drug-likeness (QED) is 0.630. The van der Waals surface area contributed by atoms with Gasteiger partial charge < -0.3 is 5.73 Å². The average molecular weight is 137 g/mol. The molecule has 1 aliphatic carbocycles. The Morgan fingerprint density at radius 3 is 2.80 bits per heavy atom. The lowest BCUT2D eigenvalue weighted by Crippen LogP contribution is -1.98. The number of nitrogen functional groups attached to an aromatic ring is 1. The van der Waals surface area contributed by atoms with E-state index in [4.69, 9.17) is 5.73 Å². The summed E-state index contributed by atoms with van der Waals surface area (Å²) in [7, 11) is 0. The van der Waals surface area contributed by atoms with Crippen molar-refractivity contribution in [3.05, 3.63) is 11.8 Å². The molecule has 0 bridgehead atoms. The second-order valence-corrected chi connectivity index (χ2v) is 2.89. The Hall–Kier alpha value is -0.990. The van der Waals surface area contributed by atoms with Gasteiger partial charge in [0.25, 0.3) is 0 Å². The number of nitrogens with zero attached hydrogens (tertiary/aromatic N) is 2. The van der Waals surface area contributed by atoms with Crippen molar-refractivity contribution in [2.45, 2.75) is 25.8 Å². The highest BCUT2D eigenvalue weighted by Crippen LogP contribution is 2.35. The Morgan fingerprint density at radius 2 is 2.40 bits per heavy atom. The zero-order valence-electron chi connectivity index (χ0n) is 6.04.